The number of nitrogens with zero attached hydrogens (tertiary/aromatic N) is 2. The summed E-state index contributed by atoms with van der Waals surface area (Å²) in [5, 5.41) is 13.3. The molecule has 6 aliphatic rings. The second-order valence-electron chi connectivity index (χ2n) is 18.8. The summed E-state index contributed by atoms with van der Waals surface area (Å²) >= 11 is 0. The summed E-state index contributed by atoms with van der Waals surface area (Å²) < 4.78 is 0. The van der Waals surface area contributed by atoms with Crippen molar-refractivity contribution in [3.8, 4) is 0 Å². The van der Waals surface area contributed by atoms with E-state index < -0.39 is 5.97 Å². The molecule has 6 nitrogen and oxygen atoms in total. The maximum atomic E-state index is 14.0. The van der Waals surface area contributed by atoms with Crippen LogP contribution in [0.3, 0.4) is 0 Å². The van der Waals surface area contributed by atoms with Crippen LogP contribution in [0.5, 0.6) is 0 Å². The first-order valence-electron chi connectivity index (χ1n) is 19.5. The number of amides is 2. The number of carbonyl (C=O) groups is 2. The van der Waals surface area contributed by atoms with E-state index in [1.165, 1.54) is 48.8 Å². The molecule has 4 saturated carbocycles. The lowest BCUT2D eigenvalue weighted by Crippen LogP contribution is -2.68. The van der Waals surface area contributed by atoms with Crippen LogP contribution in [-0.4, -0.2) is 65.7 Å². The molecule has 6 heteroatoms. The third kappa shape index (κ3) is 5.19. The van der Waals surface area contributed by atoms with Crippen LogP contribution < -0.4 is 5.32 Å². The number of likely N-dealkylation sites (N-methyl/N-ethyl adjacent to an activating group) is 1. The number of carboxylic acids is 1. The Morgan fingerprint density at radius 2 is 1.59 bits per heavy atom. The second-order valence-corrected chi connectivity index (χ2v) is 18.8. The Bertz CT molecular complexity index is 1530. The summed E-state index contributed by atoms with van der Waals surface area (Å²) in [6.45, 7) is 23.4. The zero-order valence-corrected chi connectivity index (χ0v) is 31.5. The molecular formula is C43H63N3O3. The Hall–Kier alpha value is -2.60. The van der Waals surface area contributed by atoms with E-state index in [1.54, 1.807) is 12.1 Å². The van der Waals surface area contributed by atoms with Gasteiger partial charge in [0.25, 0.3) is 0 Å². The number of hydrogen-bond acceptors (Lipinski definition) is 3. The number of carboxylic acid groups (broad SMARTS) is 1. The molecule has 49 heavy (non-hydrogen) atoms. The van der Waals surface area contributed by atoms with E-state index in [9.17, 15) is 14.7 Å². The van der Waals surface area contributed by atoms with Crippen LogP contribution >= 0.6 is 0 Å². The fraction of sp³-hybridized carbons (Fsp3) is 0.721. The summed E-state index contributed by atoms with van der Waals surface area (Å²) in [5.41, 5.74) is 4.75. The Morgan fingerprint density at radius 1 is 0.857 bits per heavy atom. The topological polar surface area (TPSA) is 72.9 Å². The zero-order valence-electron chi connectivity index (χ0n) is 31.5. The highest BCUT2D eigenvalue weighted by Gasteiger charge is 2.70. The molecule has 1 aromatic carbocycles. The predicted molar refractivity (Wildman–Crippen MR) is 198 cm³/mol. The SMILES string of the molecule is C=C(C)C1CCC2(NC(=O)N3CCCN(C)CC3)CCC3(C)C(CCC4C5(C)CC=C(c6ccc(C(=O)O)cc6)C(C)(C)C5CCC43C)C12. The quantitative estimate of drug-likeness (QED) is 0.314. The zero-order chi connectivity index (χ0) is 35.1. The molecule has 5 fully saturated rings. The summed E-state index contributed by atoms with van der Waals surface area (Å²) in [6.07, 6.45) is 14.1. The minimum Gasteiger partial charge on any atom is -0.478 e. The fourth-order valence-corrected chi connectivity index (χ4v) is 13.8. The van der Waals surface area contributed by atoms with Gasteiger partial charge in [0.05, 0.1) is 5.56 Å². The number of allylic oxidation sites excluding steroid dienone is 3. The molecule has 1 heterocycles. The van der Waals surface area contributed by atoms with Crippen molar-refractivity contribution in [1.82, 2.24) is 15.1 Å². The van der Waals surface area contributed by atoms with Crippen molar-refractivity contribution in [2.24, 2.45) is 51.2 Å². The largest absolute Gasteiger partial charge is 0.478 e. The van der Waals surface area contributed by atoms with Crippen LogP contribution in [-0.2, 0) is 0 Å². The number of urea groups is 1. The third-order valence-corrected chi connectivity index (χ3v) is 16.4. The van der Waals surface area contributed by atoms with Gasteiger partial charge >= 0.3 is 12.0 Å². The van der Waals surface area contributed by atoms with Gasteiger partial charge in [0.1, 0.15) is 0 Å². The van der Waals surface area contributed by atoms with Gasteiger partial charge in [0.15, 0.2) is 0 Å². The van der Waals surface area contributed by atoms with E-state index in [0.29, 0.717) is 35.2 Å². The molecule has 0 bridgehead atoms. The standard InChI is InChI=1S/C43H63N3O3/c1-28(2)31-16-21-43(44-38(49)46-25-9-24-45(8)26-27-46)23-22-41(6)33(36(31)43)14-15-35-40(5)19-17-32(29-10-12-30(13-11-29)37(47)48)39(3,4)34(40)18-20-42(35,41)7/h10-13,17,31,33-36H,1,9,14-16,18-27H2,2-8H3,(H,44,49)(H,47,48). The van der Waals surface area contributed by atoms with Crippen molar-refractivity contribution in [2.45, 2.75) is 111 Å². The minimum atomic E-state index is -0.869. The smallest absolute Gasteiger partial charge is 0.335 e. The third-order valence-electron chi connectivity index (χ3n) is 16.4. The van der Waals surface area contributed by atoms with Crippen molar-refractivity contribution >= 4 is 17.6 Å². The van der Waals surface area contributed by atoms with E-state index in [1.807, 2.05) is 12.1 Å². The predicted octanol–water partition coefficient (Wildman–Crippen LogP) is 9.14. The van der Waals surface area contributed by atoms with Gasteiger partial charge < -0.3 is 20.2 Å². The van der Waals surface area contributed by atoms with Crippen molar-refractivity contribution in [3.63, 3.8) is 0 Å². The van der Waals surface area contributed by atoms with Gasteiger partial charge in [-0.05, 0) is 159 Å². The van der Waals surface area contributed by atoms with Crippen molar-refractivity contribution in [2.75, 3.05) is 33.2 Å². The Morgan fingerprint density at radius 3 is 2.29 bits per heavy atom. The Balaban J connectivity index is 1.19. The molecule has 1 saturated heterocycles. The van der Waals surface area contributed by atoms with Crippen molar-refractivity contribution in [3.05, 3.63) is 53.6 Å². The van der Waals surface area contributed by atoms with Gasteiger partial charge in [-0.15, -0.1) is 0 Å². The van der Waals surface area contributed by atoms with Crippen LogP contribution in [0, 0.1) is 51.2 Å². The maximum Gasteiger partial charge on any atom is 0.335 e. The van der Waals surface area contributed by atoms with Gasteiger partial charge in [-0.25, -0.2) is 9.59 Å². The van der Waals surface area contributed by atoms with E-state index in [4.69, 9.17) is 0 Å². The number of aromatic carboxylic acids is 1. The highest BCUT2D eigenvalue weighted by atomic mass is 16.4. The summed E-state index contributed by atoms with van der Waals surface area (Å²) in [4.78, 5) is 30.1. The molecule has 5 aliphatic carbocycles. The normalized spacial score (nSPS) is 41.7. The highest BCUT2D eigenvalue weighted by Crippen LogP contribution is 2.76. The number of carbonyl (C=O) groups excluding carboxylic acids is 1. The summed E-state index contributed by atoms with van der Waals surface area (Å²) in [7, 11) is 2.17. The number of rotatable bonds is 4. The van der Waals surface area contributed by atoms with Gasteiger partial charge in [0.2, 0.25) is 0 Å². The first-order valence-corrected chi connectivity index (χ1v) is 19.5. The molecule has 268 valence electrons. The Kier molecular flexibility index (Phi) is 8.52. The average molecular weight is 670 g/mol. The van der Waals surface area contributed by atoms with Crippen LogP contribution in [0.1, 0.15) is 122 Å². The van der Waals surface area contributed by atoms with Crippen LogP contribution in [0.2, 0.25) is 0 Å². The molecule has 2 amide bonds. The van der Waals surface area contributed by atoms with Gasteiger partial charge in [-0.3, -0.25) is 0 Å². The Labute approximate surface area is 296 Å². The summed E-state index contributed by atoms with van der Waals surface area (Å²) in [6, 6.07) is 7.75. The monoisotopic (exact) mass is 669 g/mol. The van der Waals surface area contributed by atoms with E-state index >= 15 is 0 Å². The van der Waals surface area contributed by atoms with Crippen molar-refractivity contribution in [1.29, 1.82) is 0 Å². The molecule has 0 radical (unpaired) electrons. The first-order chi connectivity index (χ1) is 23.1. The number of benzene rings is 1. The molecule has 7 rings (SSSR count). The molecule has 1 aliphatic heterocycles. The number of hydrogen-bond donors (Lipinski definition) is 2. The maximum absolute atomic E-state index is 14.0. The van der Waals surface area contributed by atoms with Crippen LogP contribution in [0.15, 0.2) is 42.5 Å². The molecule has 9 atom stereocenters. The second kappa shape index (κ2) is 12.0. The molecule has 9 unspecified atom stereocenters. The number of nitrogens with one attached hydrogen (secondary N) is 1. The summed E-state index contributed by atoms with van der Waals surface area (Å²) in [5.74, 6) is 1.85. The molecule has 1 aromatic rings. The molecule has 0 aromatic heterocycles. The minimum absolute atomic E-state index is 0.00145. The lowest BCUT2D eigenvalue weighted by atomic mass is 9.33. The van der Waals surface area contributed by atoms with Gasteiger partial charge in [0, 0.05) is 25.2 Å². The lowest BCUT2D eigenvalue weighted by Gasteiger charge is -2.72. The highest BCUT2D eigenvalue weighted by molar-refractivity contribution is 5.88. The molecule has 0 spiro atoms. The van der Waals surface area contributed by atoms with E-state index in [2.05, 4.69) is 76.4 Å². The van der Waals surface area contributed by atoms with E-state index in [-0.39, 0.29) is 33.2 Å². The van der Waals surface area contributed by atoms with Gasteiger partial charge in [-0.1, -0.05) is 65.0 Å². The molecular weight excluding hydrogens is 606 g/mol. The van der Waals surface area contributed by atoms with E-state index in [0.717, 1.165) is 58.3 Å². The van der Waals surface area contributed by atoms with Crippen molar-refractivity contribution < 1.29 is 14.7 Å². The van der Waals surface area contributed by atoms with Gasteiger partial charge in [-0.2, -0.15) is 0 Å². The van der Waals surface area contributed by atoms with Crippen LogP contribution in [0.25, 0.3) is 5.57 Å². The fourth-order valence-electron chi connectivity index (χ4n) is 13.8. The lowest BCUT2D eigenvalue weighted by molar-refractivity contribution is -0.218. The first kappa shape index (κ1) is 34.8. The van der Waals surface area contributed by atoms with Crippen LogP contribution in [0.4, 0.5) is 4.79 Å². The molecule has 2 N–H and O–H groups in total. The average Bonchev–Trinajstić information content (AvgIpc) is 3.28. The number of fused-ring (bicyclic) bond motifs is 7.